The van der Waals surface area contributed by atoms with Gasteiger partial charge in [-0.3, -0.25) is 9.59 Å². The summed E-state index contributed by atoms with van der Waals surface area (Å²) >= 11 is 0. The van der Waals surface area contributed by atoms with E-state index in [1.165, 1.54) is 13.8 Å². The molecule has 0 radical (unpaired) electrons. The molecular weight excluding hydrogens is 304 g/mol. The molecule has 2 rings (SSSR count). The van der Waals surface area contributed by atoms with Crippen LogP contribution in [0.1, 0.15) is 51.7 Å². The lowest BCUT2D eigenvalue weighted by molar-refractivity contribution is -0.133. The average Bonchev–Trinajstić information content (AvgIpc) is 2.53. The number of hydrogen-bond acceptors (Lipinski definition) is 4. The van der Waals surface area contributed by atoms with Crippen molar-refractivity contribution in [3.63, 3.8) is 0 Å². The van der Waals surface area contributed by atoms with Crippen molar-refractivity contribution in [1.82, 2.24) is 0 Å². The quantitative estimate of drug-likeness (QED) is 0.574. The van der Waals surface area contributed by atoms with Crippen LogP contribution >= 0.6 is 0 Å². The van der Waals surface area contributed by atoms with E-state index < -0.39 is 0 Å². The van der Waals surface area contributed by atoms with Gasteiger partial charge in [0.1, 0.15) is 11.5 Å². The second-order valence-corrected chi connectivity index (χ2v) is 5.85. The Morgan fingerprint density at radius 3 is 1.46 bits per heavy atom. The summed E-state index contributed by atoms with van der Waals surface area (Å²) in [7, 11) is 0. The molecule has 0 saturated carbocycles. The molecule has 0 aliphatic rings. The van der Waals surface area contributed by atoms with Crippen molar-refractivity contribution in [2.45, 2.75) is 53.4 Å². The summed E-state index contributed by atoms with van der Waals surface area (Å²) in [6, 6.07) is 7.58. The van der Waals surface area contributed by atoms with Gasteiger partial charge in [-0.25, -0.2) is 0 Å². The van der Waals surface area contributed by atoms with Crippen LogP contribution in [0.25, 0.3) is 10.8 Å². The predicted octanol–water partition coefficient (Wildman–Crippen LogP) is 4.60. The Bertz CT molecular complexity index is 697. The van der Waals surface area contributed by atoms with Gasteiger partial charge in [-0.2, -0.15) is 0 Å². The molecule has 0 bridgehead atoms. The average molecular weight is 328 g/mol. The van der Waals surface area contributed by atoms with Crippen molar-refractivity contribution >= 4 is 22.7 Å². The number of fused-ring (bicyclic) bond motifs is 1. The van der Waals surface area contributed by atoms with Gasteiger partial charge in [0, 0.05) is 35.7 Å². The molecule has 0 N–H and O–H groups in total. The molecule has 0 amide bonds. The van der Waals surface area contributed by atoms with Crippen LogP contribution in [0.3, 0.4) is 0 Å². The molecule has 0 fully saturated rings. The molecule has 0 aliphatic carbocycles. The van der Waals surface area contributed by atoms with Crippen LogP contribution in [0.4, 0.5) is 0 Å². The van der Waals surface area contributed by atoms with Crippen LogP contribution in [0.15, 0.2) is 24.3 Å². The Balaban J connectivity index is 2.88. The predicted molar refractivity (Wildman–Crippen MR) is 94.6 cm³/mol. The van der Waals surface area contributed by atoms with Crippen molar-refractivity contribution in [2.75, 3.05) is 0 Å². The van der Waals surface area contributed by atoms with Crippen molar-refractivity contribution in [1.29, 1.82) is 0 Å². The standard InChI is InChI=1S/C20H24O4/c1-5-9-15-16(10-6-2)20(24-14(4)22)18-12-8-7-11-17(18)19(15)23-13(3)21/h7-8,11-12H,5-6,9-10H2,1-4H3. The molecule has 0 aliphatic heterocycles. The van der Waals surface area contributed by atoms with Gasteiger partial charge < -0.3 is 9.47 Å². The SMILES string of the molecule is CCCc1c(CCC)c(OC(C)=O)c2ccccc2c1OC(C)=O. The highest BCUT2D eigenvalue weighted by Crippen LogP contribution is 2.42. The van der Waals surface area contributed by atoms with E-state index in [9.17, 15) is 9.59 Å². The fraction of sp³-hybridized carbons (Fsp3) is 0.400. The smallest absolute Gasteiger partial charge is 0.308 e. The fourth-order valence-corrected chi connectivity index (χ4v) is 3.03. The maximum absolute atomic E-state index is 11.6. The lowest BCUT2D eigenvalue weighted by Crippen LogP contribution is -2.11. The number of carbonyl (C=O) groups excluding carboxylic acids is 2. The fourth-order valence-electron chi connectivity index (χ4n) is 3.03. The van der Waals surface area contributed by atoms with Crippen molar-refractivity contribution in [3.8, 4) is 11.5 Å². The van der Waals surface area contributed by atoms with E-state index in [1.807, 2.05) is 24.3 Å². The molecule has 0 aromatic heterocycles. The van der Waals surface area contributed by atoms with Gasteiger partial charge in [0.05, 0.1) is 0 Å². The molecule has 0 unspecified atom stereocenters. The first-order valence-corrected chi connectivity index (χ1v) is 8.42. The zero-order valence-electron chi connectivity index (χ0n) is 14.8. The monoisotopic (exact) mass is 328 g/mol. The van der Waals surface area contributed by atoms with Crippen molar-refractivity contribution in [3.05, 3.63) is 35.4 Å². The summed E-state index contributed by atoms with van der Waals surface area (Å²) in [5.74, 6) is 0.499. The molecule has 2 aromatic rings. The van der Waals surface area contributed by atoms with E-state index in [4.69, 9.17) is 9.47 Å². The van der Waals surface area contributed by atoms with Crippen molar-refractivity contribution < 1.29 is 19.1 Å². The summed E-state index contributed by atoms with van der Waals surface area (Å²) in [6.07, 6.45) is 3.33. The molecule has 0 spiro atoms. The van der Waals surface area contributed by atoms with Crippen LogP contribution in [0.2, 0.25) is 0 Å². The molecule has 4 heteroatoms. The van der Waals surface area contributed by atoms with Gasteiger partial charge in [0.15, 0.2) is 0 Å². The van der Waals surface area contributed by atoms with Gasteiger partial charge in [0.2, 0.25) is 0 Å². The number of benzene rings is 2. The first-order valence-electron chi connectivity index (χ1n) is 8.42. The number of hydrogen-bond donors (Lipinski definition) is 0. The Morgan fingerprint density at radius 2 is 1.17 bits per heavy atom. The van der Waals surface area contributed by atoms with Crippen LogP contribution < -0.4 is 9.47 Å². The number of carbonyl (C=O) groups is 2. The van der Waals surface area contributed by atoms with Gasteiger partial charge in [-0.15, -0.1) is 0 Å². The van der Waals surface area contributed by atoms with Gasteiger partial charge in [-0.05, 0) is 12.8 Å². The molecule has 4 nitrogen and oxygen atoms in total. The second kappa shape index (κ2) is 7.95. The van der Waals surface area contributed by atoms with E-state index in [-0.39, 0.29) is 11.9 Å². The van der Waals surface area contributed by atoms with E-state index >= 15 is 0 Å². The first kappa shape index (κ1) is 18.0. The van der Waals surface area contributed by atoms with E-state index in [0.717, 1.165) is 47.6 Å². The first-order chi connectivity index (χ1) is 11.5. The molecule has 0 saturated heterocycles. The minimum absolute atomic E-state index is 0.347. The zero-order chi connectivity index (χ0) is 17.7. The third kappa shape index (κ3) is 3.75. The number of ether oxygens (including phenoxy) is 2. The zero-order valence-corrected chi connectivity index (χ0v) is 14.8. The Hall–Kier alpha value is -2.36. The summed E-state index contributed by atoms with van der Waals surface area (Å²) < 4.78 is 11.2. The van der Waals surface area contributed by atoms with Crippen LogP contribution in [0, 0.1) is 0 Å². The Kier molecular flexibility index (Phi) is 5.96. The van der Waals surface area contributed by atoms with Crippen LogP contribution in [0.5, 0.6) is 11.5 Å². The van der Waals surface area contributed by atoms with Gasteiger partial charge in [-0.1, -0.05) is 51.0 Å². The maximum atomic E-state index is 11.6. The van der Waals surface area contributed by atoms with Crippen molar-refractivity contribution in [2.24, 2.45) is 0 Å². The summed E-state index contributed by atoms with van der Waals surface area (Å²) in [6.45, 7) is 6.97. The molecule has 0 heterocycles. The molecule has 24 heavy (non-hydrogen) atoms. The minimum atomic E-state index is -0.347. The lowest BCUT2D eigenvalue weighted by atomic mass is 9.92. The number of rotatable bonds is 6. The van der Waals surface area contributed by atoms with E-state index in [0.29, 0.717) is 11.5 Å². The van der Waals surface area contributed by atoms with E-state index in [2.05, 4.69) is 13.8 Å². The Labute approximate surface area is 142 Å². The molecule has 2 aromatic carbocycles. The summed E-state index contributed by atoms with van der Waals surface area (Å²) in [4.78, 5) is 23.3. The summed E-state index contributed by atoms with van der Waals surface area (Å²) in [5, 5.41) is 1.60. The van der Waals surface area contributed by atoms with Crippen LogP contribution in [-0.4, -0.2) is 11.9 Å². The maximum Gasteiger partial charge on any atom is 0.308 e. The third-order valence-electron chi connectivity index (χ3n) is 3.82. The minimum Gasteiger partial charge on any atom is -0.426 e. The lowest BCUT2D eigenvalue weighted by Gasteiger charge is -2.20. The highest BCUT2D eigenvalue weighted by atomic mass is 16.5. The van der Waals surface area contributed by atoms with Gasteiger partial charge >= 0.3 is 11.9 Å². The highest BCUT2D eigenvalue weighted by molar-refractivity contribution is 5.98. The topological polar surface area (TPSA) is 52.6 Å². The molecule has 128 valence electrons. The molecular formula is C20H24O4. The second-order valence-electron chi connectivity index (χ2n) is 5.85. The summed E-state index contributed by atoms with van der Waals surface area (Å²) in [5.41, 5.74) is 1.93. The Morgan fingerprint density at radius 1 is 0.792 bits per heavy atom. The van der Waals surface area contributed by atoms with Crippen LogP contribution in [-0.2, 0) is 22.4 Å². The van der Waals surface area contributed by atoms with E-state index in [1.54, 1.807) is 0 Å². The van der Waals surface area contributed by atoms with Gasteiger partial charge in [0.25, 0.3) is 0 Å². The third-order valence-corrected chi connectivity index (χ3v) is 3.82. The normalized spacial score (nSPS) is 10.7. The molecule has 0 atom stereocenters. The number of esters is 2. The highest BCUT2D eigenvalue weighted by Gasteiger charge is 2.22. The largest absolute Gasteiger partial charge is 0.426 e.